The second-order valence-electron chi connectivity index (χ2n) is 10.4. The van der Waals surface area contributed by atoms with Gasteiger partial charge in [-0.25, -0.2) is 4.79 Å². The topological polar surface area (TPSA) is 157 Å². The van der Waals surface area contributed by atoms with E-state index in [4.69, 9.17) is 10.5 Å². The fourth-order valence-electron chi connectivity index (χ4n) is 3.36. The number of amides is 4. The molecule has 1 aromatic rings. The van der Waals surface area contributed by atoms with Crippen LogP contribution in [-0.4, -0.2) is 65.5 Å². The summed E-state index contributed by atoms with van der Waals surface area (Å²) in [4.78, 5) is 64.4. The van der Waals surface area contributed by atoms with Gasteiger partial charge in [0.25, 0.3) is 0 Å². The summed E-state index contributed by atoms with van der Waals surface area (Å²) in [5.74, 6) is -2.88. The summed E-state index contributed by atoms with van der Waals surface area (Å²) >= 11 is 0. The van der Waals surface area contributed by atoms with Crippen LogP contribution in [-0.2, 0) is 28.7 Å². The molecule has 0 saturated carbocycles. The molecule has 36 heavy (non-hydrogen) atoms. The summed E-state index contributed by atoms with van der Waals surface area (Å²) in [6.07, 6.45) is -1.44. The van der Waals surface area contributed by atoms with Gasteiger partial charge in [-0.15, -0.1) is 0 Å². The van der Waals surface area contributed by atoms with Gasteiger partial charge in [0.15, 0.2) is 0 Å². The average Bonchev–Trinajstić information content (AvgIpc) is 2.72. The maximum absolute atomic E-state index is 13.9. The van der Waals surface area contributed by atoms with Crippen molar-refractivity contribution in [2.45, 2.75) is 78.1 Å². The van der Waals surface area contributed by atoms with E-state index in [1.807, 2.05) is 6.92 Å². The van der Waals surface area contributed by atoms with Crippen molar-refractivity contribution in [3.05, 3.63) is 35.4 Å². The zero-order chi connectivity index (χ0) is 27.8. The zero-order valence-electron chi connectivity index (χ0n) is 22.3. The Bertz CT molecular complexity index is 962. The van der Waals surface area contributed by atoms with Crippen LogP contribution in [0.15, 0.2) is 24.3 Å². The fourth-order valence-corrected chi connectivity index (χ4v) is 3.36. The van der Waals surface area contributed by atoms with Crippen molar-refractivity contribution in [1.29, 1.82) is 0 Å². The van der Waals surface area contributed by atoms with E-state index in [-0.39, 0.29) is 0 Å². The van der Waals surface area contributed by atoms with Crippen LogP contribution in [0.1, 0.15) is 65.1 Å². The van der Waals surface area contributed by atoms with E-state index in [1.165, 1.54) is 12.0 Å². The molecule has 0 fully saturated rings. The van der Waals surface area contributed by atoms with E-state index in [0.29, 0.717) is 5.56 Å². The molecule has 4 amide bonds. The molecule has 11 nitrogen and oxygen atoms in total. The van der Waals surface area contributed by atoms with Crippen LogP contribution in [0.5, 0.6) is 0 Å². The molecule has 0 spiro atoms. The maximum atomic E-state index is 13.9. The summed E-state index contributed by atoms with van der Waals surface area (Å²) in [5, 5.41) is 4.91. The minimum atomic E-state index is -1.40. The minimum absolute atomic E-state index is 0.412. The van der Waals surface area contributed by atoms with E-state index in [1.54, 1.807) is 65.8 Å². The molecule has 2 unspecified atom stereocenters. The molecular formula is C25H38N4O7. The molecule has 200 valence electrons. The van der Waals surface area contributed by atoms with Gasteiger partial charge in [-0.1, -0.05) is 29.8 Å². The van der Waals surface area contributed by atoms with Gasteiger partial charge >= 0.3 is 12.1 Å². The summed E-state index contributed by atoms with van der Waals surface area (Å²) in [6, 6.07) is 4.32. The van der Waals surface area contributed by atoms with E-state index in [9.17, 15) is 24.0 Å². The second kappa shape index (κ2) is 12.4. The van der Waals surface area contributed by atoms with Crippen molar-refractivity contribution in [2.75, 3.05) is 13.7 Å². The van der Waals surface area contributed by atoms with Gasteiger partial charge in [-0.2, -0.15) is 0 Å². The third-order valence-electron chi connectivity index (χ3n) is 4.89. The third-order valence-corrected chi connectivity index (χ3v) is 4.89. The zero-order valence-corrected chi connectivity index (χ0v) is 22.3. The number of carbonyl (C=O) groups excluding carboxylic acids is 5. The maximum Gasteiger partial charge on any atom is 0.408 e. The lowest BCUT2D eigenvalue weighted by Crippen LogP contribution is -2.59. The number of rotatable bonds is 9. The number of aryl methyl sites for hydroxylation is 1. The Labute approximate surface area is 212 Å². The first-order valence-electron chi connectivity index (χ1n) is 11.5. The summed E-state index contributed by atoms with van der Waals surface area (Å²) < 4.78 is 9.84. The smallest absolute Gasteiger partial charge is 0.408 e. The first-order valence-corrected chi connectivity index (χ1v) is 11.5. The lowest BCUT2D eigenvalue weighted by atomic mass is 9.94. The Morgan fingerprint density at radius 3 is 2.00 bits per heavy atom. The molecule has 0 aromatic heterocycles. The number of nitrogens with zero attached hydrogens (tertiary/aromatic N) is 1. The molecule has 0 aliphatic carbocycles. The molecular weight excluding hydrogens is 468 g/mol. The highest BCUT2D eigenvalue weighted by molar-refractivity contribution is 5.95. The molecule has 11 heteroatoms. The molecule has 2 atom stereocenters. The molecule has 0 aliphatic heterocycles. The number of methoxy groups -OCH3 is 1. The van der Waals surface area contributed by atoms with E-state index in [0.717, 1.165) is 5.56 Å². The van der Waals surface area contributed by atoms with Crippen molar-refractivity contribution in [1.82, 2.24) is 15.5 Å². The number of carbonyl (C=O) groups is 5. The predicted octanol–water partition coefficient (Wildman–Crippen LogP) is 1.72. The Hall–Kier alpha value is -3.63. The largest absolute Gasteiger partial charge is 0.468 e. The first-order chi connectivity index (χ1) is 16.5. The molecule has 0 bridgehead atoms. The average molecular weight is 507 g/mol. The number of hydrogen-bond acceptors (Lipinski definition) is 7. The summed E-state index contributed by atoms with van der Waals surface area (Å²) in [6.45, 7) is 11.5. The number of ether oxygens (including phenoxy) is 2. The number of hydrogen-bond donors (Lipinski definition) is 3. The molecule has 0 aliphatic rings. The van der Waals surface area contributed by atoms with Crippen molar-refractivity contribution < 1.29 is 33.4 Å². The Kier molecular flexibility index (Phi) is 10.4. The lowest BCUT2D eigenvalue weighted by Gasteiger charge is -2.43. The van der Waals surface area contributed by atoms with Gasteiger partial charge < -0.3 is 30.7 Å². The van der Waals surface area contributed by atoms with Crippen LogP contribution in [0, 0.1) is 6.92 Å². The van der Waals surface area contributed by atoms with E-state index < -0.39 is 66.0 Å². The van der Waals surface area contributed by atoms with Crippen LogP contribution in [0.2, 0.25) is 0 Å². The SMILES string of the molecule is COC(=O)CNC(=O)C(c1ccc(C)cc1)N(C(=O)C(CC(N)=O)NC(=O)OC(C)(C)C)C(C)(C)C. The Morgan fingerprint density at radius 2 is 1.56 bits per heavy atom. The van der Waals surface area contributed by atoms with E-state index in [2.05, 4.69) is 15.4 Å². The number of alkyl carbamates (subject to hydrolysis) is 1. The minimum Gasteiger partial charge on any atom is -0.468 e. The molecule has 4 N–H and O–H groups in total. The van der Waals surface area contributed by atoms with Gasteiger partial charge in [0.05, 0.1) is 13.5 Å². The van der Waals surface area contributed by atoms with Gasteiger partial charge in [-0.05, 0) is 54.0 Å². The standard InChI is InChI=1S/C25H38N4O7/c1-15-9-11-16(12-10-15)20(21(32)27-14-19(31)35-8)29(24(2,3)4)22(33)17(13-18(26)30)28-23(34)36-25(5,6)7/h9-12,17,20H,13-14H2,1-8H3,(H2,26,30)(H,27,32)(H,28,34). The lowest BCUT2D eigenvalue weighted by molar-refractivity contribution is -0.150. The van der Waals surface area contributed by atoms with Crippen molar-refractivity contribution in [3.63, 3.8) is 0 Å². The van der Waals surface area contributed by atoms with Gasteiger partial charge in [0.2, 0.25) is 17.7 Å². The number of nitrogens with two attached hydrogens (primary N) is 1. The van der Waals surface area contributed by atoms with Gasteiger partial charge in [0.1, 0.15) is 24.2 Å². The van der Waals surface area contributed by atoms with Crippen LogP contribution in [0.3, 0.4) is 0 Å². The van der Waals surface area contributed by atoms with Crippen LogP contribution >= 0.6 is 0 Å². The van der Waals surface area contributed by atoms with Crippen molar-refractivity contribution in [3.8, 4) is 0 Å². The van der Waals surface area contributed by atoms with Crippen LogP contribution in [0.4, 0.5) is 4.79 Å². The molecule has 0 radical (unpaired) electrons. The monoisotopic (exact) mass is 506 g/mol. The number of nitrogens with one attached hydrogen (secondary N) is 2. The highest BCUT2D eigenvalue weighted by Gasteiger charge is 2.42. The fraction of sp³-hybridized carbons (Fsp3) is 0.560. The van der Waals surface area contributed by atoms with Crippen molar-refractivity contribution >= 4 is 29.8 Å². The van der Waals surface area contributed by atoms with Crippen molar-refractivity contribution in [2.24, 2.45) is 5.73 Å². The summed E-state index contributed by atoms with van der Waals surface area (Å²) in [7, 11) is 1.19. The predicted molar refractivity (Wildman–Crippen MR) is 133 cm³/mol. The second-order valence-corrected chi connectivity index (χ2v) is 10.4. The number of esters is 1. The van der Waals surface area contributed by atoms with E-state index >= 15 is 0 Å². The number of primary amides is 1. The third kappa shape index (κ3) is 9.55. The van der Waals surface area contributed by atoms with Crippen LogP contribution < -0.4 is 16.4 Å². The highest BCUT2D eigenvalue weighted by atomic mass is 16.6. The Morgan fingerprint density at radius 1 is 1.00 bits per heavy atom. The molecule has 0 saturated heterocycles. The molecule has 0 heterocycles. The molecule has 1 aromatic carbocycles. The van der Waals surface area contributed by atoms with Crippen LogP contribution in [0.25, 0.3) is 0 Å². The number of benzene rings is 1. The van der Waals surface area contributed by atoms with Gasteiger partial charge in [-0.3, -0.25) is 19.2 Å². The summed E-state index contributed by atoms with van der Waals surface area (Å²) in [5.41, 5.74) is 4.93. The Balaban J connectivity index is 3.54. The quantitative estimate of drug-likeness (QED) is 0.430. The van der Waals surface area contributed by atoms with Gasteiger partial charge in [0, 0.05) is 5.54 Å². The normalized spacial score (nSPS) is 13.1. The highest BCUT2D eigenvalue weighted by Crippen LogP contribution is 2.30. The molecule has 1 rings (SSSR count). The first kappa shape index (κ1) is 30.4.